The van der Waals surface area contributed by atoms with Crippen molar-refractivity contribution in [2.24, 2.45) is 16.7 Å². The Hall–Kier alpha value is -4.43. The number of amides is 1. The topological polar surface area (TPSA) is 195 Å². The maximum Gasteiger partial charge on any atom is 0.338 e. The minimum atomic E-state index is -1.92. The molecule has 0 spiro atoms. The predicted molar refractivity (Wildman–Crippen MR) is 187 cm³/mol. The lowest BCUT2D eigenvalue weighted by Gasteiger charge is -2.65. The maximum absolute atomic E-state index is 14.9. The van der Waals surface area contributed by atoms with Crippen molar-refractivity contribution in [2.45, 2.75) is 109 Å². The molecule has 4 N–H and O–H groups in total. The van der Waals surface area contributed by atoms with Crippen molar-refractivity contribution in [3.63, 3.8) is 0 Å². The number of ketones is 1. The molecule has 2 aromatic carbocycles. The van der Waals surface area contributed by atoms with Crippen LogP contribution in [0.3, 0.4) is 0 Å². The Morgan fingerprint density at radius 1 is 0.925 bits per heavy atom. The Kier molecular flexibility index (Phi) is 9.95. The molecule has 0 unspecified atom stereocenters. The third kappa shape index (κ3) is 6.26. The highest BCUT2D eigenvalue weighted by atomic mass is 16.6. The van der Waals surface area contributed by atoms with E-state index in [9.17, 15) is 39.3 Å². The van der Waals surface area contributed by atoms with Crippen LogP contribution in [0.1, 0.15) is 82.8 Å². The van der Waals surface area contributed by atoms with E-state index < -0.39 is 94.1 Å². The Labute approximate surface area is 307 Å². The van der Waals surface area contributed by atoms with Gasteiger partial charge in [0.1, 0.15) is 12.2 Å². The number of rotatable bonds is 8. The number of aliphatic hydroxyl groups is 3. The lowest BCUT2D eigenvalue weighted by Crippen LogP contribution is -2.77. The number of nitrogens with one attached hydrogen (secondary N) is 1. The van der Waals surface area contributed by atoms with Crippen LogP contribution in [-0.4, -0.2) is 93.2 Å². The van der Waals surface area contributed by atoms with Gasteiger partial charge in [0.05, 0.1) is 29.8 Å². The third-order valence-electron chi connectivity index (χ3n) is 12.3. The van der Waals surface area contributed by atoms with Gasteiger partial charge in [-0.3, -0.25) is 19.2 Å². The molecule has 6 rings (SSSR count). The van der Waals surface area contributed by atoms with Crippen LogP contribution >= 0.6 is 0 Å². The maximum atomic E-state index is 14.9. The van der Waals surface area contributed by atoms with Crippen LogP contribution in [0.4, 0.5) is 0 Å². The van der Waals surface area contributed by atoms with Crippen LogP contribution in [0, 0.1) is 16.7 Å². The molecule has 3 fully saturated rings. The van der Waals surface area contributed by atoms with E-state index in [1.807, 2.05) is 0 Å². The van der Waals surface area contributed by atoms with Crippen LogP contribution < -0.4 is 5.32 Å². The van der Waals surface area contributed by atoms with Crippen molar-refractivity contribution >= 4 is 29.6 Å². The monoisotopic (exact) mass is 733 g/mol. The molecule has 284 valence electrons. The number of carbonyl (C=O) groups excluding carboxylic acids is 5. The molecule has 2 aromatic rings. The molecule has 2 bridgehead atoms. The highest BCUT2D eigenvalue weighted by molar-refractivity contribution is 5.96. The molecule has 1 saturated heterocycles. The molecule has 0 aromatic heterocycles. The summed E-state index contributed by atoms with van der Waals surface area (Å²) in [5, 5.41) is 38.8. The zero-order valence-corrected chi connectivity index (χ0v) is 30.7. The van der Waals surface area contributed by atoms with Gasteiger partial charge in [0.2, 0.25) is 0 Å². The third-order valence-corrected chi connectivity index (χ3v) is 12.3. The van der Waals surface area contributed by atoms with Gasteiger partial charge in [-0.05, 0) is 49.1 Å². The number of hydrogen-bond acceptors (Lipinski definition) is 12. The zero-order valence-electron chi connectivity index (χ0n) is 30.7. The molecule has 2 saturated carbocycles. The molecular formula is C40H47NO12. The summed E-state index contributed by atoms with van der Waals surface area (Å²) in [4.78, 5) is 67.3. The van der Waals surface area contributed by atoms with Crippen molar-refractivity contribution < 1.29 is 58.2 Å². The van der Waals surface area contributed by atoms with Crippen molar-refractivity contribution in [1.82, 2.24) is 5.32 Å². The fourth-order valence-electron chi connectivity index (χ4n) is 9.13. The first kappa shape index (κ1) is 38.3. The predicted octanol–water partition coefficient (Wildman–Crippen LogP) is 2.90. The van der Waals surface area contributed by atoms with E-state index in [1.165, 1.54) is 13.8 Å². The average molecular weight is 734 g/mol. The first-order chi connectivity index (χ1) is 24.9. The molecule has 1 aliphatic heterocycles. The molecular weight excluding hydrogens is 686 g/mol. The van der Waals surface area contributed by atoms with Gasteiger partial charge in [-0.2, -0.15) is 0 Å². The molecule has 0 radical (unpaired) electrons. The fraction of sp³-hybridized carbons (Fsp3) is 0.525. The Bertz CT molecular complexity index is 1830. The first-order valence-corrected chi connectivity index (χ1v) is 17.8. The van der Waals surface area contributed by atoms with Gasteiger partial charge in [-0.15, -0.1) is 0 Å². The zero-order chi connectivity index (χ0) is 38.7. The summed E-state index contributed by atoms with van der Waals surface area (Å²) in [6.45, 7) is 8.81. The molecule has 13 heteroatoms. The van der Waals surface area contributed by atoms with Gasteiger partial charge in [0.25, 0.3) is 5.91 Å². The van der Waals surface area contributed by atoms with E-state index in [-0.39, 0.29) is 31.4 Å². The van der Waals surface area contributed by atoms with E-state index in [0.717, 1.165) is 6.92 Å². The van der Waals surface area contributed by atoms with E-state index in [0.29, 0.717) is 16.7 Å². The highest BCUT2D eigenvalue weighted by Gasteiger charge is 2.74. The molecule has 1 amide bonds. The van der Waals surface area contributed by atoms with Crippen molar-refractivity contribution in [3.05, 3.63) is 82.9 Å². The lowest BCUT2D eigenvalue weighted by atomic mass is 9.46. The summed E-state index contributed by atoms with van der Waals surface area (Å²) < 4.78 is 23.5. The van der Waals surface area contributed by atoms with Crippen molar-refractivity contribution in [3.8, 4) is 0 Å². The van der Waals surface area contributed by atoms with E-state index >= 15 is 0 Å². The van der Waals surface area contributed by atoms with E-state index in [4.69, 9.17) is 18.9 Å². The molecule has 1 heterocycles. The quantitative estimate of drug-likeness (QED) is 0.176. The van der Waals surface area contributed by atoms with Crippen LogP contribution in [0.2, 0.25) is 0 Å². The Balaban J connectivity index is 1.41. The Morgan fingerprint density at radius 2 is 1.55 bits per heavy atom. The van der Waals surface area contributed by atoms with Gasteiger partial charge in [-0.25, -0.2) is 4.79 Å². The van der Waals surface area contributed by atoms with E-state index in [2.05, 4.69) is 5.32 Å². The van der Waals surface area contributed by atoms with Gasteiger partial charge in [-0.1, -0.05) is 62.4 Å². The largest absolute Gasteiger partial charge is 0.456 e. The number of benzene rings is 2. The minimum absolute atomic E-state index is 0.0415. The van der Waals surface area contributed by atoms with Crippen LogP contribution in [0.25, 0.3) is 0 Å². The van der Waals surface area contributed by atoms with Gasteiger partial charge in [0, 0.05) is 43.6 Å². The van der Waals surface area contributed by atoms with Gasteiger partial charge in [0.15, 0.2) is 23.6 Å². The number of Topliss-reactive ketones (excluding diaryl/α,β-unsaturated/α-hetero) is 1. The van der Waals surface area contributed by atoms with Crippen molar-refractivity contribution in [2.75, 3.05) is 6.61 Å². The number of aliphatic hydroxyl groups excluding tert-OH is 2. The normalized spacial score (nSPS) is 34.1. The van der Waals surface area contributed by atoms with Gasteiger partial charge < -0.3 is 39.6 Å². The number of hydrogen-bond donors (Lipinski definition) is 4. The summed E-state index contributed by atoms with van der Waals surface area (Å²) in [6, 6.07) is 15.5. The molecule has 53 heavy (non-hydrogen) atoms. The van der Waals surface area contributed by atoms with Crippen molar-refractivity contribution in [1.29, 1.82) is 0 Å². The summed E-state index contributed by atoms with van der Waals surface area (Å²) in [5.41, 5.74) is -4.96. The second-order valence-corrected chi connectivity index (χ2v) is 15.5. The summed E-state index contributed by atoms with van der Waals surface area (Å²) >= 11 is 0. The second-order valence-electron chi connectivity index (χ2n) is 15.5. The Morgan fingerprint density at radius 3 is 2.11 bits per heavy atom. The highest BCUT2D eigenvalue weighted by Crippen LogP contribution is 2.63. The number of esters is 3. The lowest BCUT2D eigenvalue weighted by molar-refractivity contribution is -0.327. The minimum Gasteiger partial charge on any atom is -0.456 e. The second kappa shape index (κ2) is 13.8. The standard InChI is InChI=1S/C40H47NO12/c1-21-26(52-36(48)32(45)31(24-13-9-7-10-14-24)41-35(47)25-15-11-8-12-16-25)18-39(49)19-27-38(6,28(44)17-29-40(27,20-50-29)53-23(3)43)34(46)33(51-22(2)42)30(21)37(39,4)5/h7-16,26-29,31-33,44-45,49H,17-20H2,1-6H3,(H,41,47)/t26-,27-,28-,29+,31-,32+,33+,38-,39+,40+/m0/s1. The summed E-state index contributed by atoms with van der Waals surface area (Å²) in [6.07, 6.45) is -7.35. The van der Waals surface area contributed by atoms with Crippen LogP contribution in [0.5, 0.6) is 0 Å². The SMILES string of the molecule is CC(=O)O[C@H]1C(=O)[C@@]2(C)[C@H](C[C@]3(O)C[C@H](OC(=O)[C@H](O)[C@@H](NC(=O)c4ccccc4)c4ccccc4)C(C)=C1C3(C)C)[C@]1(OC(C)=O)CO[C@@H]1C[C@@H]2O. The molecule has 3 aliphatic carbocycles. The van der Waals surface area contributed by atoms with Crippen LogP contribution in [0.15, 0.2) is 71.8 Å². The number of ether oxygens (including phenoxy) is 4. The molecule has 13 nitrogen and oxygen atoms in total. The van der Waals surface area contributed by atoms with E-state index in [1.54, 1.807) is 81.4 Å². The first-order valence-electron chi connectivity index (χ1n) is 17.8. The number of carbonyl (C=O) groups is 5. The average Bonchev–Trinajstić information content (AvgIpc) is 3.10. The number of fused-ring (bicyclic) bond motifs is 5. The fourth-order valence-corrected chi connectivity index (χ4v) is 9.13. The summed E-state index contributed by atoms with van der Waals surface area (Å²) in [7, 11) is 0. The molecule has 10 atom stereocenters. The van der Waals surface area contributed by atoms with Gasteiger partial charge >= 0.3 is 17.9 Å². The smallest absolute Gasteiger partial charge is 0.338 e. The summed E-state index contributed by atoms with van der Waals surface area (Å²) in [5.74, 6) is -4.78. The molecule has 4 aliphatic rings. The van der Waals surface area contributed by atoms with Crippen LogP contribution in [-0.2, 0) is 38.1 Å².